The largest absolute Gasteiger partial charge is 0.481 e. The van der Waals surface area contributed by atoms with Crippen LogP contribution in [0.15, 0.2) is 30.3 Å². The van der Waals surface area contributed by atoms with Gasteiger partial charge in [-0.2, -0.15) is 0 Å². The van der Waals surface area contributed by atoms with Crippen LogP contribution in [-0.2, 0) is 9.53 Å². The average Bonchev–Trinajstić information content (AvgIpc) is 2.30. The molecule has 0 aliphatic heterocycles. The number of hydrogen-bond donors (Lipinski definition) is 2. The topological polar surface area (TPSA) is 62.2 Å². The Hall–Kier alpha value is -1.84. The molecule has 1 aromatic rings. The number of carbonyl (C=O) groups is 1. The number of nitrogens with one attached hydrogen (secondary N) is 2. The molecule has 4 nitrogen and oxygen atoms in total. The van der Waals surface area contributed by atoms with Gasteiger partial charge >= 0.3 is 0 Å². The molecule has 0 aliphatic rings. The number of amides is 1. The highest BCUT2D eigenvalue weighted by molar-refractivity contribution is 5.95. The Morgan fingerprint density at radius 3 is 2.65 bits per heavy atom. The average molecular weight is 234 g/mol. The smallest absolute Gasteiger partial charge is 0.229 e. The zero-order valence-corrected chi connectivity index (χ0v) is 10.2. The van der Waals surface area contributed by atoms with Crippen LogP contribution in [0.4, 0.5) is 0 Å². The van der Waals surface area contributed by atoms with Crippen LogP contribution in [0.2, 0.25) is 0 Å². The van der Waals surface area contributed by atoms with Crippen molar-refractivity contribution in [1.29, 1.82) is 5.41 Å². The van der Waals surface area contributed by atoms with E-state index < -0.39 is 0 Å². The number of rotatable bonds is 5. The van der Waals surface area contributed by atoms with Gasteiger partial charge in [0.05, 0.1) is 12.6 Å². The van der Waals surface area contributed by atoms with Gasteiger partial charge in [0.15, 0.2) is 5.90 Å². The van der Waals surface area contributed by atoms with Crippen molar-refractivity contribution in [3.63, 3.8) is 0 Å². The lowest BCUT2D eigenvalue weighted by Crippen LogP contribution is -2.28. The van der Waals surface area contributed by atoms with Gasteiger partial charge in [0, 0.05) is 0 Å². The molecule has 0 saturated heterocycles. The predicted octanol–water partition coefficient (Wildman–Crippen LogP) is 2.27. The molecule has 0 radical (unpaired) electrons. The van der Waals surface area contributed by atoms with Crippen LogP contribution in [0.1, 0.15) is 31.9 Å². The second-order valence-electron chi connectivity index (χ2n) is 3.73. The van der Waals surface area contributed by atoms with E-state index in [0.29, 0.717) is 6.61 Å². The monoisotopic (exact) mass is 234 g/mol. The molecule has 0 saturated carbocycles. The van der Waals surface area contributed by atoms with Crippen molar-refractivity contribution >= 4 is 11.8 Å². The van der Waals surface area contributed by atoms with Crippen LogP contribution in [0.25, 0.3) is 0 Å². The summed E-state index contributed by atoms with van der Waals surface area (Å²) in [4.78, 5) is 11.6. The highest BCUT2D eigenvalue weighted by Crippen LogP contribution is 2.11. The molecule has 1 aromatic carbocycles. The third-order valence-corrected chi connectivity index (χ3v) is 2.32. The fourth-order valence-electron chi connectivity index (χ4n) is 1.49. The molecule has 0 bridgehead atoms. The Morgan fingerprint density at radius 2 is 2.06 bits per heavy atom. The lowest BCUT2D eigenvalue weighted by Gasteiger charge is -2.14. The summed E-state index contributed by atoms with van der Waals surface area (Å²) in [6, 6.07) is 9.65. The second-order valence-corrected chi connectivity index (χ2v) is 3.73. The van der Waals surface area contributed by atoms with E-state index in [1.165, 1.54) is 0 Å². The third-order valence-electron chi connectivity index (χ3n) is 2.32. The van der Waals surface area contributed by atoms with Gasteiger partial charge in [0.2, 0.25) is 5.91 Å². The highest BCUT2D eigenvalue weighted by atomic mass is 16.5. The molecule has 0 heterocycles. The van der Waals surface area contributed by atoms with Crippen molar-refractivity contribution in [1.82, 2.24) is 5.32 Å². The second kappa shape index (κ2) is 6.68. The van der Waals surface area contributed by atoms with Gasteiger partial charge in [-0.1, -0.05) is 30.3 Å². The molecule has 0 fully saturated rings. The molecule has 1 atom stereocenters. The molecule has 17 heavy (non-hydrogen) atoms. The molecule has 0 aromatic heterocycles. The molecular formula is C13H18N2O2. The van der Waals surface area contributed by atoms with Gasteiger partial charge in [-0.25, -0.2) is 0 Å². The lowest BCUT2D eigenvalue weighted by molar-refractivity contribution is -0.120. The van der Waals surface area contributed by atoms with E-state index in [4.69, 9.17) is 10.1 Å². The fraction of sp³-hybridized carbons (Fsp3) is 0.385. The summed E-state index contributed by atoms with van der Waals surface area (Å²) < 4.78 is 4.92. The maximum Gasteiger partial charge on any atom is 0.229 e. The Morgan fingerprint density at radius 1 is 1.41 bits per heavy atom. The first-order valence-corrected chi connectivity index (χ1v) is 5.68. The first-order valence-electron chi connectivity index (χ1n) is 5.68. The SMILES string of the molecule is CCOC(=N)CC(=O)N[C@H](C)c1ccccc1. The molecule has 1 rings (SSSR count). The Kier molecular flexibility index (Phi) is 5.20. The van der Waals surface area contributed by atoms with Crippen LogP contribution in [0.3, 0.4) is 0 Å². The summed E-state index contributed by atoms with van der Waals surface area (Å²) in [6.07, 6.45) is -0.00892. The number of benzene rings is 1. The molecule has 2 N–H and O–H groups in total. The zero-order chi connectivity index (χ0) is 12.7. The van der Waals surface area contributed by atoms with Gasteiger partial charge in [-0.3, -0.25) is 10.2 Å². The summed E-state index contributed by atoms with van der Waals surface area (Å²) in [5.41, 5.74) is 1.05. The molecule has 4 heteroatoms. The van der Waals surface area contributed by atoms with Crippen molar-refractivity contribution in [2.24, 2.45) is 0 Å². The van der Waals surface area contributed by atoms with Gasteiger partial charge in [-0.05, 0) is 19.4 Å². The number of ether oxygens (including phenoxy) is 1. The molecular weight excluding hydrogens is 216 g/mol. The van der Waals surface area contributed by atoms with E-state index in [2.05, 4.69) is 5.32 Å². The summed E-state index contributed by atoms with van der Waals surface area (Å²) in [7, 11) is 0. The van der Waals surface area contributed by atoms with Gasteiger partial charge in [-0.15, -0.1) is 0 Å². The van der Waals surface area contributed by atoms with Gasteiger partial charge in [0.1, 0.15) is 6.42 Å². The van der Waals surface area contributed by atoms with E-state index in [1.54, 1.807) is 6.92 Å². The predicted molar refractivity (Wildman–Crippen MR) is 67.0 cm³/mol. The quantitative estimate of drug-likeness (QED) is 0.606. The molecule has 0 spiro atoms. The normalized spacial score (nSPS) is 11.6. The fourth-order valence-corrected chi connectivity index (χ4v) is 1.49. The number of hydrogen-bond acceptors (Lipinski definition) is 3. The van der Waals surface area contributed by atoms with Crippen LogP contribution >= 0.6 is 0 Å². The maximum atomic E-state index is 11.6. The molecule has 0 unspecified atom stereocenters. The van der Waals surface area contributed by atoms with E-state index >= 15 is 0 Å². The summed E-state index contributed by atoms with van der Waals surface area (Å²) >= 11 is 0. The summed E-state index contributed by atoms with van der Waals surface area (Å²) in [5.74, 6) is -0.190. The van der Waals surface area contributed by atoms with E-state index in [9.17, 15) is 4.79 Å². The highest BCUT2D eigenvalue weighted by Gasteiger charge is 2.11. The van der Waals surface area contributed by atoms with Crippen molar-refractivity contribution in [3.05, 3.63) is 35.9 Å². The van der Waals surface area contributed by atoms with Crippen molar-refractivity contribution in [2.75, 3.05) is 6.61 Å². The van der Waals surface area contributed by atoms with Crippen molar-refractivity contribution in [2.45, 2.75) is 26.3 Å². The van der Waals surface area contributed by atoms with Gasteiger partial charge in [0.25, 0.3) is 0 Å². The van der Waals surface area contributed by atoms with Crippen molar-refractivity contribution < 1.29 is 9.53 Å². The maximum absolute atomic E-state index is 11.6. The minimum absolute atomic E-state index is 0.00487. The molecule has 92 valence electrons. The summed E-state index contributed by atoms with van der Waals surface area (Å²) in [5, 5.41) is 10.2. The Labute approximate surface area is 101 Å². The van der Waals surface area contributed by atoms with Crippen LogP contribution in [-0.4, -0.2) is 18.4 Å². The van der Waals surface area contributed by atoms with E-state index in [-0.39, 0.29) is 24.3 Å². The molecule has 1 amide bonds. The molecule has 0 aliphatic carbocycles. The van der Waals surface area contributed by atoms with Crippen molar-refractivity contribution in [3.8, 4) is 0 Å². The Balaban J connectivity index is 2.44. The minimum atomic E-state index is -0.195. The number of carbonyl (C=O) groups excluding carboxylic acids is 1. The Bertz CT molecular complexity index is 376. The van der Waals surface area contributed by atoms with Crippen LogP contribution < -0.4 is 5.32 Å². The van der Waals surface area contributed by atoms with E-state index in [0.717, 1.165) is 5.56 Å². The van der Waals surface area contributed by atoms with Crippen LogP contribution in [0.5, 0.6) is 0 Å². The first-order chi connectivity index (χ1) is 8.13. The minimum Gasteiger partial charge on any atom is -0.481 e. The van der Waals surface area contributed by atoms with Gasteiger partial charge < -0.3 is 10.1 Å². The summed E-state index contributed by atoms with van der Waals surface area (Å²) in [6.45, 7) is 4.12. The standard InChI is InChI=1S/C13H18N2O2/c1-3-17-12(14)9-13(16)15-10(2)11-7-5-4-6-8-11/h4-8,10,14H,3,9H2,1-2H3,(H,15,16)/t10-/m1/s1. The van der Waals surface area contributed by atoms with Crippen LogP contribution in [0, 0.1) is 5.41 Å². The first kappa shape index (κ1) is 13.2. The van der Waals surface area contributed by atoms with E-state index in [1.807, 2.05) is 37.3 Å². The lowest BCUT2D eigenvalue weighted by atomic mass is 10.1. The zero-order valence-electron chi connectivity index (χ0n) is 10.2. The third kappa shape index (κ3) is 4.68.